The van der Waals surface area contributed by atoms with Crippen LogP contribution in [-0.4, -0.2) is 163 Å². The van der Waals surface area contributed by atoms with Gasteiger partial charge in [-0.3, -0.25) is 48.6 Å². The number of fused-ring (bicyclic) bond motifs is 2. The summed E-state index contributed by atoms with van der Waals surface area (Å²) in [5, 5.41) is 44.4. The van der Waals surface area contributed by atoms with E-state index in [0.29, 0.717) is 57.5 Å². The molecule has 0 saturated carbocycles. The number of carboxylic acids is 1. The first-order chi connectivity index (χ1) is 49.6. The SMILES string of the molecule is CSCC[C@@H](CNC(CCC(N)=O)C(=O)N[C@H](C(=O)N[C@@H](Cc1c[nH]c2ccccc12)C(=O)N[C@@H](CCC(=O)NC(c1ccccc1)(c1ccccc1)c1ccccc1)C(=O)NCC(=O)O)[C@@H](C)OC(C)(C)C)NC(=O)[C@@H](CCCNC(=N)NS(=O)(=O)c1c(C)c(C)c2c(c1C)CC(C)(C)O2)NC(C)=O. The number of rotatable bonds is 38. The van der Waals surface area contributed by atoms with Crippen molar-refractivity contribution in [3.63, 3.8) is 0 Å². The molecule has 6 aromatic rings. The number of carbonyl (C=O) groups excluding carboxylic acids is 8. The van der Waals surface area contributed by atoms with Crippen LogP contribution in [0, 0.1) is 26.2 Å². The zero-order valence-corrected chi connectivity index (χ0v) is 63.1. The number of hydrogen-bond donors (Lipinski definition) is 14. The topological polar surface area (TPSA) is 412 Å². The molecule has 1 unspecified atom stereocenters. The van der Waals surface area contributed by atoms with Gasteiger partial charge in [0.25, 0.3) is 10.0 Å². The zero-order chi connectivity index (χ0) is 77.0. The fourth-order valence-corrected chi connectivity index (χ4v) is 15.1. The molecule has 0 bridgehead atoms. The molecule has 29 heteroatoms. The minimum Gasteiger partial charge on any atom is -0.487 e. The fourth-order valence-electron chi connectivity index (χ4n) is 13.0. The van der Waals surface area contributed by atoms with Gasteiger partial charge in [-0.25, -0.2) is 13.1 Å². The maximum atomic E-state index is 15.2. The number of benzene rings is 5. The molecule has 0 saturated heterocycles. The Kier molecular flexibility index (Phi) is 29.2. The Bertz CT molecular complexity index is 4090. The number of para-hydroxylation sites is 1. The summed E-state index contributed by atoms with van der Waals surface area (Å²) in [5.74, 6) is -6.67. The number of aliphatic carboxylic acids is 1. The summed E-state index contributed by atoms with van der Waals surface area (Å²) in [6.45, 7) is 16.2. The highest BCUT2D eigenvalue weighted by atomic mass is 32.2. The van der Waals surface area contributed by atoms with Gasteiger partial charge in [-0.15, -0.1) is 0 Å². The van der Waals surface area contributed by atoms with Crippen molar-refractivity contribution in [3.05, 3.63) is 166 Å². The highest BCUT2D eigenvalue weighted by molar-refractivity contribution is 7.98. The van der Waals surface area contributed by atoms with Crippen molar-refractivity contribution in [1.82, 2.24) is 57.6 Å². The van der Waals surface area contributed by atoms with Gasteiger partial charge in [-0.1, -0.05) is 109 Å². The van der Waals surface area contributed by atoms with Gasteiger partial charge >= 0.3 is 5.97 Å². The zero-order valence-electron chi connectivity index (χ0n) is 61.4. The van der Waals surface area contributed by atoms with Gasteiger partial charge in [0.2, 0.25) is 53.2 Å². The van der Waals surface area contributed by atoms with Gasteiger partial charge < -0.3 is 73.1 Å². The minimum atomic E-state index is -4.24. The largest absolute Gasteiger partial charge is 0.487 e. The smallest absolute Gasteiger partial charge is 0.322 e. The van der Waals surface area contributed by atoms with E-state index in [1.807, 2.05) is 117 Å². The van der Waals surface area contributed by atoms with Crippen LogP contribution in [0.2, 0.25) is 0 Å². The van der Waals surface area contributed by atoms with Crippen LogP contribution in [-0.2, 0) is 76.3 Å². The standard InChI is InChI=1S/C76H101N13O14S2/c1-45-46(2)67(47(3)56-41-75(9,10)103-66(45)56)105(100,101)89-73(78)79-38-23-32-59(83-49(5)90)70(97)84-54(37-39-104-11)43-81-58(33-35-62(77)91)69(96)87-65(48(4)102-74(6,7)8)72(99)86-61(40-50-42-80-57-31-22-21-30-55(50)57)71(98)85-60(68(95)82-44-64(93)94)34-36-63(92)88-76(51-24-15-12-16-25-51,52-26-17-13-18-27-52)53-28-19-14-20-29-53/h12-22,24-31,42,48,54,58-61,65,80-81H,23,32-41,43-44H2,1-11H3,(H2,77,91)(H,82,95)(H,83,90)(H,84,97)(H,85,98)(H,86,99)(H,87,96)(H,88,92)(H,93,94)(H3,78,79,89)/t48-,54+,58?,59-,60+,61+,65+/m1/s1. The van der Waals surface area contributed by atoms with Crippen molar-refractivity contribution in [2.24, 2.45) is 5.73 Å². The number of primary amides is 1. The first kappa shape index (κ1) is 82.4. The number of sulfonamides is 1. The summed E-state index contributed by atoms with van der Waals surface area (Å²) in [4.78, 5) is 129. The summed E-state index contributed by atoms with van der Waals surface area (Å²) in [5.41, 5.74) is 8.88. The van der Waals surface area contributed by atoms with Crippen molar-refractivity contribution in [2.75, 3.05) is 31.6 Å². The van der Waals surface area contributed by atoms with E-state index in [-0.39, 0.29) is 62.9 Å². The van der Waals surface area contributed by atoms with Gasteiger partial charge in [0.1, 0.15) is 47.6 Å². The Hall–Kier alpha value is -9.84. The van der Waals surface area contributed by atoms with Gasteiger partial charge in [0.15, 0.2) is 0 Å². The monoisotopic (exact) mass is 1480 g/mol. The van der Waals surface area contributed by atoms with E-state index in [4.69, 9.17) is 20.6 Å². The summed E-state index contributed by atoms with van der Waals surface area (Å²) < 4.78 is 42.5. The number of aromatic amines is 1. The molecule has 566 valence electrons. The Balaban J connectivity index is 1.09. The Morgan fingerprint density at radius 2 is 1.26 bits per heavy atom. The van der Waals surface area contributed by atoms with Crippen LogP contribution in [0.25, 0.3) is 10.9 Å². The molecule has 0 aliphatic carbocycles. The summed E-state index contributed by atoms with van der Waals surface area (Å²) in [6.07, 6.45) is 2.03. The lowest BCUT2D eigenvalue weighted by Gasteiger charge is -2.37. The number of carboxylic acid groups (broad SMARTS) is 1. The van der Waals surface area contributed by atoms with E-state index < -0.39 is 135 Å². The number of amides is 8. The lowest BCUT2D eigenvalue weighted by molar-refractivity contribution is -0.140. The highest BCUT2D eigenvalue weighted by Crippen LogP contribution is 2.44. The summed E-state index contributed by atoms with van der Waals surface area (Å²) in [7, 11) is -4.24. The molecule has 0 radical (unpaired) electrons. The van der Waals surface area contributed by atoms with E-state index in [1.54, 1.807) is 72.9 Å². The molecule has 27 nitrogen and oxygen atoms in total. The highest BCUT2D eigenvalue weighted by Gasteiger charge is 2.41. The van der Waals surface area contributed by atoms with Gasteiger partial charge in [-0.2, -0.15) is 11.8 Å². The van der Waals surface area contributed by atoms with Crippen LogP contribution in [0.15, 0.2) is 126 Å². The fraction of sp³-hybridized carbons (Fsp3) is 0.447. The van der Waals surface area contributed by atoms with Crippen LogP contribution >= 0.6 is 11.8 Å². The first-order valence-corrected chi connectivity index (χ1v) is 37.9. The summed E-state index contributed by atoms with van der Waals surface area (Å²) in [6, 6.07) is 27.4. The molecule has 2 heterocycles. The van der Waals surface area contributed by atoms with Crippen molar-refractivity contribution in [3.8, 4) is 5.75 Å². The van der Waals surface area contributed by atoms with E-state index in [2.05, 4.69) is 57.6 Å². The molecule has 7 rings (SSSR count). The number of ether oxygens (including phenoxy) is 2. The average molecular weight is 1480 g/mol. The summed E-state index contributed by atoms with van der Waals surface area (Å²) >= 11 is 1.48. The van der Waals surface area contributed by atoms with Crippen molar-refractivity contribution < 1.29 is 66.1 Å². The molecule has 15 N–H and O–H groups in total. The predicted octanol–water partition coefficient (Wildman–Crippen LogP) is 5.35. The van der Waals surface area contributed by atoms with E-state index in [9.17, 15) is 47.1 Å². The second-order valence-electron chi connectivity index (χ2n) is 28.0. The number of thioether (sulfide) groups is 1. The van der Waals surface area contributed by atoms with Crippen LogP contribution < -0.4 is 63.0 Å². The average Bonchev–Trinajstić information content (AvgIpc) is 1.25. The Labute approximate surface area is 617 Å². The molecular formula is C76H101N13O14S2. The van der Waals surface area contributed by atoms with Crippen molar-refractivity contribution >= 4 is 91.9 Å². The maximum Gasteiger partial charge on any atom is 0.322 e. The molecule has 8 amide bonds. The molecule has 7 atom stereocenters. The van der Waals surface area contributed by atoms with Crippen LogP contribution in [0.1, 0.15) is 138 Å². The third-order valence-electron chi connectivity index (χ3n) is 18.1. The van der Waals surface area contributed by atoms with Crippen LogP contribution in [0.4, 0.5) is 0 Å². The molecular weight excluding hydrogens is 1380 g/mol. The number of nitrogens with two attached hydrogens (primary N) is 1. The van der Waals surface area contributed by atoms with E-state index >= 15 is 9.59 Å². The lowest BCUT2D eigenvalue weighted by atomic mass is 9.77. The second kappa shape index (κ2) is 37.2. The quantitative estimate of drug-likeness (QED) is 0.0101. The van der Waals surface area contributed by atoms with Crippen molar-refractivity contribution in [1.29, 1.82) is 5.41 Å². The molecule has 1 aliphatic heterocycles. The first-order valence-electron chi connectivity index (χ1n) is 35.0. The number of aromatic nitrogens is 1. The number of nitrogens with one attached hydrogen (secondary N) is 12. The molecule has 105 heavy (non-hydrogen) atoms. The molecule has 1 aliphatic rings. The maximum absolute atomic E-state index is 15.2. The van der Waals surface area contributed by atoms with Crippen LogP contribution in [0.3, 0.4) is 0 Å². The van der Waals surface area contributed by atoms with Gasteiger partial charge in [-0.05, 0) is 151 Å². The predicted molar refractivity (Wildman–Crippen MR) is 402 cm³/mol. The Morgan fingerprint density at radius 1 is 0.695 bits per heavy atom. The number of guanidine groups is 1. The number of carbonyl (C=O) groups is 9. The molecule has 5 aromatic carbocycles. The third-order valence-corrected chi connectivity index (χ3v) is 20.3. The number of hydrogen-bond acceptors (Lipinski definition) is 16. The van der Waals surface area contributed by atoms with Crippen molar-refractivity contribution in [2.45, 2.75) is 191 Å². The normalized spacial score (nSPS) is 14.6. The van der Waals surface area contributed by atoms with Gasteiger partial charge in [0.05, 0.1) is 22.6 Å². The van der Waals surface area contributed by atoms with Crippen LogP contribution in [0.5, 0.6) is 5.75 Å². The third kappa shape index (κ3) is 23.1. The van der Waals surface area contributed by atoms with E-state index in [0.717, 1.165) is 22.3 Å². The lowest BCUT2D eigenvalue weighted by Crippen LogP contribution is -2.62. The van der Waals surface area contributed by atoms with E-state index in [1.165, 1.54) is 18.7 Å². The number of H-pyrrole nitrogens is 1. The molecule has 0 fully saturated rings. The van der Waals surface area contributed by atoms with Gasteiger partial charge in [0, 0.05) is 74.4 Å². The Morgan fingerprint density at radius 3 is 1.84 bits per heavy atom. The minimum absolute atomic E-state index is 0.0259. The second-order valence-corrected chi connectivity index (χ2v) is 30.6. The molecule has 0 spiro atoms. The molecule has 1 aromatic heterocycles.